The number of nitrogens with zero attached hydrogens (tertiary/aromatic N) is 2. The Kier molecular flexibility index (Phi) is 1.63. The highest BCUT2D eigenvalue weighted by molar-refractivity contribution is 7.90. The molecule has 0 unspecified atom stereocenters. The van der Waals surface area contributed by atoms with Crippen molar-refractivity contribution in [3.05, 3.63) is 11.3 Å². The van der Waals surface area contributed by atoms with Crippen molar-refractivity contribution in [3.8, 4) is 0 Å². The average Bonchev–Trinajstić information content (AvgIpc) is 2.29. The van der Waals surface area contributed by atoms with Gasteiger partial charge in [0.25, 0.3) is 0 Å². The first-order chi connectivity index (χ1) is 5.99. The summed E-state index contributed by atoms with van der Waals surface area (Å²) in [5.74, 6) is 0.705. The van der Waals surface area contributed by atoms with Crippen LogP contribution < -0.4 is 5.73 Å². The van der Waals surface area contributed by atoms with Gasteiger partial charge in [-0.25, -0.2) is 8.42 Å². The quantitative estimate of drug-likeness (QED) is 0.612. The first kappa shape index (κ1) is 8.55. The summed E-state index contributed by atoms with van der Waals surface area (Å²) >= 11 is 0. The van der Waals surface area contributed by atoms with E-state index in [0.717, 1.165) is 5.69 Å². The predicted octanol–water partition coefficient (Wildman–Crippen LogP) is -0.527. The first-order valence-corrected chi connectivity index (χ1v) is 5.82. The Morgan fingerprint density at radius 1 is 1.54 bits per heavy atom. The van der Waals surface area contributed by atoms with E-state index in [-0.39, 0.29) is 11.5 Å². The molecule has 1 aromatic heterocycles. The van der Waals surface area contributed by atoms with Crippen molar-refractivity contribution in [3.63, 3.8) is 0 Å². The number of anilines is 1. The lowest BCUT2D eigenvalue weighted by atomic mass is 10.2. The Bertz CT molecular complexity index is 447. The summed E-state index contributed by atoms with van der Waals surface area (Å²) in [7, 11) is -1.22. The molecule has 72 valence electrons. The highest BCUT2D eigenvalue weighted by Gasteiger charge is 2.26. The number of nitrogens with two attached hydrogens (primary N) is 1. The fourth-order valence-electron chi connectivity index (χ4n) is 1.54. The van der Waals surface area contributed by atoms with Crippen LogP contribution in [0.2, 0.25) is 0 Å². The van der Waals surface area contributed by atoms with Crippen molar-refractivity contribution >= 4 is 15.7 Å². The van der Waals surface area contributed by atoms with Crippen LogP contribution in [0.4, 0.5) is 5.82 Å². The van der Waals surface area contributed by atoms with Crippen LogP contribution in [0.25, 0.3) is 0 Å². The molecule has 0 saturated carbocycles. The monoisotopic (exact) mass is 201 g/mol. The van der Waals surface area contributed by atoms with Gasteiger partial charge < -0.3 is 5.73 Å². The first-order valence-electron chi connectivity index (χ1n) is 4.00. The molecule has 6 heteroatoms. The summed E-state index contributed by atoms with van der Waals surface area (Å²) in [5, 5.41) is 4.14. The SMILES string of the molecule is Cn1nc2c(c1N)CS(=O)(=O)CC2. The molecule has 13 heavy (non-hydrogen) atoms. The van der Waals surface area contributed by atoms with Crippen molar-refractivity contribution in [1.82, 2.24) is 9.78 Å². The predicted molar refractivity (Wildman–Crippen MR) is 48.8 cm³/mol. The largest absolute Gasteiger partial charge is 0.384 e. The summed E-state index contributed by atoms with van der Waals surface area (Å²) in [6.45, 7) is 0. The molecular weight excluding hydrogens is 190 g/mol. The molecule has 0 spiro atoms. The molecule has 1 aliphatic rings. The van der Waals surface area contributed by atoms with E-state index in [1.54, 1.807) is 7.05 Å². The Balaban J connectivity index is 2.56. The van der Waals surface area contributed by atoms with E-state index in [9.17, 15) is 8.42 Å². The van der Waals surface area contributed by atoms with Gasteiger partial charge in [0, 0.05) is 19.0 Å². The molecule has 0 saturated heterocycles. The van der Waals surface area contributed by atoms with Gasteiger partial charge in [-0.3, -0.25) is 4.68 Å². The number of hydrogen-bond donors (Lipinski definition) is 1. The number of hydrogen-bond acceptors (Lipinski definition) is 4. The standard InChI is InChI=1S/C7H11N3O2S/c1-10-7(8)5-4-13(11,12)3-2-6(5)9-10/h2-4,8H2,1H3. The lowest BCUT2D eigenvalue weighted by Crippen LogP contribution is -2.18. The lowest BCUT2D eigenvalue weighted by molar-refractivity contribution is 0.591. The Morgan fingerprint density at radius 2 is 2.23 bits per heavy atom. The maximum atomic E-state index is 11.3. The van der Waals surface area contributed by atoms with Crippen molar-refractivity contribution < 1.29 is 8.42 Å². The van der Waals surface area contributed by atoms with Crippen LogP contribution in [0.3, 0.4) is 0 Å². The zero-order valence-corrected chi connectivity index (χ0v) is 8.13. The van der Waals surface area contributed by atoms with Gasteiger partial charge in [-0.15, -0.1) is 0 Å². The molecule has 2 N–H and O–H groups in total. The van der Waals surface area contributed by atoms with Crippen molar-refractivity contribution in [2.45, 2.75) is 12.2 Å². The van der Waals surface area contributed by atoms with E-state index in [2.05, 4.69) is 5.10 Å². The number of fused-ring (bicyclic) bond motifs is 1. The second kappa shape index (κ2) is 2.47. The number of aromatic nitrogens is 2. The van der Waals surface area contributed by atoms with Gasteiger partial charge in [0.15, 0.2) is 9.84 Å². The molecular formula is C7H11N3O2S. The molecule has 0 fully saturated rings. The second-order valence-electron chi connectivity index (χ2n) is 3.28. The van der Waals surface area contributed by atoms with Crippen LogP contribution in [0.1, 0.15) is 11.3 Å². The third-order valence-electron chi connectivity index (χ3n) is 2.29. The minimum atomic E-state index is -2.94. The molecule has 1 aliphatic heterocycles. The van der Waals surface area contributed by atoms with E-state index >= 15 is 0 Å². The molecule has 0 aliphatic carbocycles. The van der Waals surface area contributed by atoms with Crippen molar-refractivity contribution in [2.24, 2.45) is 7.05 Å². The number of rotatable bonds is 0. The molecule has 2 rings (SSSR count). The van der Waals surface area contributed by atoms with Crippen LogP contribution in [0, 0.1) is 0 Å². The van der Waals surface area contributed by atoms with Crippen LogP contribution in [-0.2, 0) is 29.1 Å². The van der Waals surface area contributed by atoms with Gasteiger partial charge in [-0.1, -0.05) is 0 Å². The zero-order valence-electron chi connectivity index (χ0n) is 7.32. The van der Waals surface area contributed by atoms with Crippen LogP contribution in [0.5, 0.6) is 0 Å². The average molecular weight is 201 g/mol. The van der Waals surface area contributed by atoms with Gasteiger partial charge in [-0.2, -0.15) is 5.10 Å². The Labute approximate surface area is 76.5 Å². The molecule has 0 aromatic carbocycles. The minimum absolute atomic E-state index is 0.0437. The van der Waals surface area contributed by atoms with E-state index < -0.39 is 9.84 Å². The second-order valence-corrected chi connectivity index (χ2v) is 5.46. The fourth-order valence-corrected chi connectivity index (χ4v) is 2.94. The molecule has 1 aromatic rings. The van der Waals surface area contributed by atoms with Gasteiger partial charge in [0.05, 0.1) is 17.2 Å². The third kappa shape index (κ3) is 1.31. The van der Waals surface area contributed by atoms with E-state index in [1.807, 2.05) is 0 Å². The molecule has 0 radical (unpaired) electrons. The number of sulfone groups is 1. The summed E-state index contributed by atoms with van der Waals surface area (Å²) in [5.41, 5.74) is 7.20. The van der Waals surface area contributed by atoms with E-state index in [1.165, 1.54) is 4.68 Å². The number of aryl methyl sites for hydroxylation is 2. The van der Waals surface area contributed by atoms with Crippen LogP contribution >= 0.6 is 0 Å². The smallest absolute Gasteiger partial charge is 0.155 e. The normalized spacial score (nSPS) is 19.8. The summed E-state index contributed by atoms with van der Waals surface area (Å²) in [6.07, 6.45) is 0.489. The van der Waals surface area contributed by atoms with Gasteiger partial charge in [0.1, 0.15) is 5.82 Å². The van der Waals surface area contributed by atoms with E-state index in [4.69, 9.17) is 5.73 Å². The molecule has 2 heterocycles. The van der Waals surface area contributed by atoms with Crippen LogP contribution in [-0.4, -0.2) is 24.0 Å². The van der Waals surface area contributed by atoms with Gasteiger partial charge in [0.2, 0.25) is 0 Å². The lowest BCUT2D eigenvalue weighted by Gasteiger charge is -2.10. The van der Waals surface area contributed by atoms with Gasteiger partial charge >= 0.3 is 0 Å². The maximum Gasteiger partial charge on any atom is 0.155 e. The Morgan fingerprint density at radius 3 is 2.92 bits per heavy atom. The maximum absolute atomic E-state index is 11.3. The van der Waals surface area contributed by atoms with Crippen LogP contribution in [0.15, 0.2) is 0 Å². The van der Waals surface area contributed by atoms with Crippen molar-refractivity contribution in [2.75, 3.05) is 11.5 Å². The summed E-state index contributed by atoms with van der Waals surface area (Å²) < 4.78 is 24.1. The molecule has 0 amide bonds. The van der Waals surface area contributed by atoms with E-state index in [0.29, 0.717) is 17.8 Å². The minimum Gasteiger partial charge on any atom is -0.384 e. The van der Waals surface area contributed by atoms with Crippen molar-refractivity contribution in [1.29, 1.82) is 0 Å². The topological polar surface area (TPSA) is 78.0 Å². The highest BCUT2D eigenvalue weighted by atomic mass is 32.2. The third-order valence-corrected chi connectivity index (χ3v) is 3.85. The van der Waals surface area contributed by atoms with Gasteiger partial charge in [-0.05, 0) is 0 Å². The zero-order chi connectivity index (χ0) is 9.64. The fraction of sp³-hybridized carbons (Fsp3) is 0.571. The highest BCUT2D eigenvalue weighted by Crippen LogP contribution is 2.24. The number of nitrogen functional groups attached to an aromatic ring is 1. The Hall–Kier alpha value is -1.04. The molecule has 0 atom stereocenters. The summed E-state index contributed by atoms with van der Waals surface area (Å²) in [6, 6.07) is 0. The molecule has 0 bridgehead atoms. The summed E-state index contributed by atoms with van der Waals surface area (Å²) in [4.78, 5) is 0. The molecule has 5 nitrogen and oxygen atoms in total.